The molecule has 0 unspecified atom stereocenters. The van der Waals surface area contributed by atoms with E-state index in [1.807, 2.05) is 60.7 Å². The zero-order chi connectivity index (χ0) is 19.3. The first-order valence-electron chi connectivity index (χ1n) is 8.82. The summed E-state index contributed by atoms with van der Waals surface area (Å²) in [5, 5.41) is 5.41. The van der Waals surface area contributed by atoms with Crippen LogP contribution in [0.4, 0.5) is 5.69 Å². The maximum atomic E-state index is 12.6. The molecule has 0 aromatic heterocycles. The lowest BCUT2D eigenvalue weighted by Crippen LogP contribution is -2.38. The molecule has 1 heterocycles. The van der Waals surface area contributed by atoms with Gasteiger partial charge in [-0.05, 0) is 23.3 Å². The van der Waals surface area contributed by atoms with Crippen molar-refractivity contribution in [1.29, 1.82) is 0 Å². The Kier molecular flexibility index (Phi) is 4.93. The van der Waals surface area contributed by atoms with Crippen LogP contribution in [0.1, 0.15) is 17.2 Å². The van der Waals surface area contributed by atoms with E-state index in [1.165, 1.54) is 0 Å². The second-order valence-corrected chi connectivity index (χ2v) is 6.25. The summed E-state index contributed by atoms with van der Waals surface area (Å²) in [6.07, 6.45) is 0. The molecule has 1 aliphatic rings. The molecule has 0 fully saturated rings. The normalized spacial score (nSPS) is 11.9. The minimum Gasteiger partial charge on any atom is -0.454 e. The van der Waals surface area contributed by atoms with Gasteiger partial charge in [0.1, 0.15) is 0 Å². The molecule has 0 saturated carbocycles. The summed E-state index contributed by atoms with van der Waals surface area (Å²) in [4.78, 5) is 25.0. The topological polar surface area (TPSA) is 76.7 Å². The Morgan fingerprint density at radius 1 is 0.750 bits per heavy atom. The highest BCUT2D eigenvalue weighted by molar-refractivity contribution is 6.39. The average molecular weight is 374 g/mol. The van der Waals surface area contributed by atoms with E-state index in [-0.39, 0.29) is 6.79 Å². The van der Waals surface area contributed by atoms with Crippen molar-refractivity contribution in [2.45, 2.75) is 6.04 Å². The molecular weight excluding hydrogens is 356 g/mol. The number of fused-ring (bicyclic) bond motifs is 1. The van der Waals surface area contributed by atoms with Crippen molar-refractivity contribution in [1.82, 2.24) is 5.32 Å². The van der Waals surface area contributed by atoms with Crippen molar-refractivity contribution in [3.63, 3.8) is 0 Å². The zero-order valence-corrected chi connectivity index (χ0v) is 14.9. The smallest absolute Gasteiger partial charge is 0.313 e. The summed E-state index contributed by atoms with van der Waals surface area (Å²) in [7, 11) is 0. The molecule has 140 valence electrons. The van der Waals surface area contributed by atoms with E-state index in [9.17, 15) is 9.59 Å². The lowest BCUT2D eigenvalue weighted by Gasteiger charge is -2.19. The zero-order valence-electron chi connectivity index (χ0n) is 14.9. The number of benzene rings is 3. The molecule has 2 N–H and O–H groups in total. The van der Waals surface area contributed by atoms with Gasteiger partial charge in [0.2, 0.25) is 6.79 Å². The summed E-state index contributed by atoms with van der Waals surface area (Å²) in [5.41, 5.74) is 2.23. The number of anilines is 1. The van der Waals surface area contributed by atoms with Crippen LogP contribution in [0.15, 0.2) is 78.9 Å². The first-order chi connectivity index (χ1) is 13.7. The van der Waals surface area contributed by atoms with Gasteiger partial charge in [-0.25, -0.2) is 0 Å². The number of nitrogens with one attached hydrogen (secondary N) is 2. The van der Waals surface area contributed by atoms with Gasteiger partial charge in [-0.1, -0.05) is 60.7 Å². The Morgan fingerprint density at radius 2 is 1.36 bits per heavy atom. The molecule has 4 rings (SSSR count). The third-order valence-corrected chi connectivity index (χ3v) is 4.38. The number of hydrogen-bond acceptors (Lipinski definition) is 4. The molecule has 6 nitrogen and oxygen atoms in total. The average Bonchev–Trinajstić information content (AvgIpc) is 3.21. The molecule has 0 bridgehead atoms. The second kappa shape index (κ2) is 7.84. The van der Waals surface area contributed by atoms with Gasteiger partial charge in [0.05, 0.1) is 6.04 Å². The number of hydrogen-bond donors (Lipinski definition) is 2. The molecule has 28 heavy (non-hydrogen) atoms. The maximum absolute atomic E-state index is 12.6. The fourth-order valence-electron chi connectivity index (χ4n) is 3.01. The van der Waals surface area contributed by atoms with Crippen LogP contribution in [0.2, 0.25) is 0 Å². The van der Waals surface area contributed by atoms with Crippen LogP contribution in [0, 0.1) is 0 Å². The number of carbonyl (C=O) groups excluding carboxylic acids is 2. The Hall–Kier alpha value is -3.80. The first kappa shape index (κ1) is 17.6. The van der Waals surface area contributed by atoms with Gasteiger partial charge in [0.15, 0.2) is 11.5 Å². The lowest BCUT2D eigenvalue weighted by atomic mass is 9.99. The molecule has 6 heteroatoms. The summed E-state index contributed by atoms with van der Waals surface area (Å²) in [6.45, 7) is 0.142. The Morgan fingerprint density at radius 3 is 2.00 bits per heavy atom. The van der Waals surface area contributed by atoms with Crippen LogP contribution in [0.25, 0.3) is 0 Å². The highest BCUT2D eigenvalue weighted by Gasteiger charge is 2.22. The highest BCUT2D eigenvalue weighted by Crippen LogP contribution is 2.34. The minimum atomic E-state index is -0.754. The van der Waals surface area contributed by atoms with Gasteiger partial charge in [-0.15, -0.1) is 0 Å². The van der Waals surface area contributed by atoms with Crippen molar-refractivity contribution < 1.29 is 19.1 Å². The third-order valence-electron chi connectivity index (χ3n) is 4.38. The SMILES string of the molecule is O=C(Nc1ccc2c(c1)OCO2)C(=O)NC(c1ccccc1)c1ccccc1. The van der Waals surface area contributed by atoms with Crippen LogP contribution >= 0.6 is 0 Å². The molecule has 2 amide bonds. The largest absolute Gasteiger partial charge is 0.454 e. The quantitative estimate of drug-likeness (QED) is 0.688. The van der Waals surface area contributed by atoms with Crippen molar-refractivity contribution in [3.05, 3.63) is 90.0 Å². The van der Waals surface area contributed by atoms with Gasteiger partial charge in [-0.2, -0.15) is 0 Å². The lowest BCUT2D eigenvalue weighted by molar-refractivity contribution is -0.136. The van der Waals surface area contributed by atoms with Crippen LogP contribution in [-0.4, -0.2) is 18.6 Å². The molecule has 0 radical (unpaired) electrons. The standard InChI is InChI=1S/C22H18N2O4/c25-21(23-17-11-12-18-19(13-17)28-14-27-18)22(26)24-20(15-7-3-1-4-8-15)16-9-5-2-6-10-16/h1-13,20H,14H2,(H,23,25)(H,24,26). The van der Waals surface area contributed by atoms with Crippen LogP contribution in [0.3, 0.4) is 0 Å². The highest BCUT2D eigenvalue weighted by atomic mass is 16.7. The molecule has 0 saturated heterocycles. The van der Waals surface area contributed by atoms with E-state index in [2.05, 4.69) is 10.6 Å². The summed E-state index contributed by atoms with van der Waals surface area (Å²) in [6, 6.07) is 23.6. The number of rotatable bonds is 4. The monoisotopic (exact) mass is 374 g/mol. The summed E-state index contributed by atoms with van der Waals surface area (Å²) >= 11 is 0. The Bertz CT molecular complexity index is 950. The van der Waals surface area contributed by atoms with Gasteiger partial charge < -0.3 is 20.1 Å². The van der Waals surface area contributed by atoms with Gasteiger partial charge >= 0.3 is 11.8 Å². The Labute approximate surface area is 162 Å². The number of amides is 2. The van der Waals surface area contributed by atoms with Gasteiger partial charge in [0.25, 0.3) is 0 Å². The summed E-state index contributed by atoms with van der Waals surface area (Å²) < 4.78 is 10.5. The fraction of sp³-hybridized carbons (Fsp3) is 0.0909. The van der Waals surface area contributed by atoms with E-state index in [0.717, 1.165) is 11.1 Å². The molecule has 1 aliphatic heterocycles. The van der Waals surface area contributed by atoms with Crippen LogP contribution < -0.4 is 20.1 Å². The van der Waals surface area contributed by atoms with E-state index in [1.54, 1.807) is 18.2 Å². The van der Waals surface area contributed by atoms with Crippen molar-refractivity contribution in [2.75, 3.05) is 12.1 Å². The second-order valence-electron chi connectivity index (χ2n) is 6.25. The van der Waals surface area contributed by atoms with Crippen molar-refractivity contribution in [3.8, 4) is 11.5 Å². The summed E-state index contributed by atoms with van der Waals surface area (Å²) in [5.74, 6) is -0.341. The van der Waals surface area contributed by atoms with E-state index >= 15 is 0 Å². The van der Waals surface area contributed by atoms with Gasteiger partial charge in [0, 0.05) is 11.8 Å². The maximum Gasteiger partial charge on any atom is 0.313 e. The van der Waals surface area contributed by atoms with E-state index in [0.29, 0.717) is 17.2 Å². The number of ether oxygens (including phenoxy) is 2. The van der Waals surface area contributed by atoms with Crippen molar-refractivity contribution in [2.24, 2.45) is 0 Å². The van der Waals surface area contributed by atoms with Crippen LogP contribution in [-0.2, 0) is 9.59 Å². The predicted molar refractivity (Wildman–Crippen MR) is 104 cm³/mol. The molecular formula is C22H18N2O4. The minimum absolute atomic E-state index is 0.142. The molecule has 3 aromatic rings. The first-order valence-corrected chi connectivity index (χ1v) is 8.82. The van der Waals surface area contributed by atoms with Gasteiger partial charge in [-0.3, -0.25) is 9.59 Å². The van der Waals surface area contributed by atoms with E-state index in [4.69, 9.17) is 9.47 Å². The molecule has 0 atom stereocenters. The predicted octanol–water partition coefficient (Wildman–Crippen LogP) is 3.26. The molecule has 3 aromatic carbocycles. The fourth-order valence-corrected chi connectivity index (χ4v) is 3.01. The third kappa shape index (κ3) is 3.81. The molecule has 0 spiro atoms. The van der Waals surface area contributed by atoms with E-state index < -0.39 is 17.9 Å². The van der Waals surface area contributed by atoms with Crippen molar-refractivity contribution >= 4 is 17.5 Å². The number of carbonyl (C=O) groups is 2. The Balaban J connectivity index is 1.50. The molecule has 0 aliphatic carbocycles. The van der Waals surface area contributed by atoms with Crippen LogP contribution in [0.5, 0.6) is 11.5 Å².